The molecular weight excluding hydrogens is 223 g/mol. The third-order valence-electron chi connectivity index (χ3n) is 1.88. The Labute approximate surface area is 97.9 Å². The molecule has 1 aromatic rings. The SMILES string of the molecule is CCNPN(CC)C(=O)Oc1ccccc1. The molecule has 16 heavy (non-hydrogen) atoms. The van der Waals surface area contributed by atoms with Crippen molar-refractivity contribution in [1.29, 1.82) is 0 Å². The highest BCUT2D eigenvalue weighted by atomic mass is 31.1. The van der Waals surface area contributed by atoms with Gasteiger partial charge in [-0.2, -0.15) is 0 Å². The van der Waals surface area contributed by atoms with Crippen LogP contribution in [-0.4, -0.2) is 23.9 Å². The van der Waals surface area contributed by atoms with Crippen LogP contribution in [0.25, 0.3) is 0 Å². The van der Waals surface area contributed by atoms with E-state index in [0.29, 0.717) is 12.3 Å². The van der Waals surface area contributed by atoms with E-state index < -0.39 is 0 Å². The smallest absolute Gasteiger partial charge is 0.410 e. The highest BCUT2D eigenvalue weighted by Gasteiger charge is 2.12. The first-order valence-corrected chi connectivity index (χ1v) is 6.25. The van der Waals surface area contributed by atoms with Gasteiger partial charge in [-0.3, -0.25) is 9.76 Å². The number of ether oxygens (including phenoxy) is 1. The van der Waals surface area contributed by atoms with Gasteiger partial charge >= 0.3 is 6.09 Å². The van der Waals surface area contributed by atoms with Crippen LogP contribution in [0.4, 0.5) is 4.79 Å². The minimum absolute atomic E-state index is 0.264. The second-order valence-electron chi connectivity index (χ2n) is 3.07. The van der Waals surface area contributed by atoms with Crippen LogP contribution in [0, 0.1) is 0 Å². The summed E-state index contributed by atoms with van der Waals surface area (Å²) in [5.41, 5.74) is 0. The van der Waals surface area contributed by atoms with Gasteiger partial charge in [0.15, 0.2) is 0 Å². The third kappa shape index (κ3) is 4.17. The average molecular weight is 240 g/mol. The molecule has 1 atom stereocenters. The van der Waals surface area contributed by atoms with Crippen molar-refractivity contribution in [3.8, 4) is 5.75 Å². The van der Waals surface area contributed by atoms with Gasteiger partial charge in [-0.05, 0) is 25.6 Å². The van der Waals surface area contributed by atoms with Crippen LogP contribution in [0.1, 0.15) is 13.8 Å². The molecule has 4 nitrogen and oxygen atoms in total. The van der Waals surface area contributed by atoms with E-state index in [4.69, 9.17) is 4.74 Å². The highest BCUT2D eigenvalue weighted by Crippen LogP contribution is 2.16. The Kier molecular flexibility index (Phi) is 5.83. The number of nitrogens with zero attached hydrogens (tertiary/aromatic N) is 1. The van der Waals surface area contributed by atoms with Gasteiger partial charge < -0.3 is 4.74 Å². The van der Waals surface area contributed by atoms with Gasteiger partial charge in [-0.1, -0.05) is 25.1 Å². The van der Waals surface area contributed by atoms with E-state index in [2.05, 4.69) is 5.09 Å². The summed E-state index contributed by atoms with van der Waals surface area (Å²) in [7, 11) is 0.264. The number of nitrogens with one attached hydrogen (secondary N) is 1. The maximum absolute atomic E-state index is 11.7. The quantitative estimate of drug-likeness (QED) is 0.804. The van der Waals surface area contributed by atoms with E-state index in [1.807, 2.05) is 32.0 Å². The van der Waals surface area contributed by atoms with Gasteiger partial charge in [0, 0.05) is 6.54 Å². The fourth-order valence-corrected chi connectivity index (χ4v) is 1.72. The van der Waals surface area contributed by atoms with E-state index in [9.17, 15) is 4.79 Å². The molecule has 0 heterocycles. The number of rotatable bonds is 5. The van der Waals surface area contributed by atoms with Crippen molar-refractivity contribution < 1.29 is 9.53 Å². The minimum Gasteiger partial charge on any atom is -0.410 e. The number of benzene rings is 1. The Balaban J connectivity index is 2.49. The maximum Gasteiger partial charge on any atom is 0.419 e. The van der Waals surface area contributed by atoms with Crippen molar-refractivity contribution in [1.82, 2.24) is 9.76 Å². The van der Waals surface area contributed by atoms with E-state index in [-0.39, 0.29) is 15.0 Å². The van der Waals surface area contributed by atoms with Crippen molar-refractivity contribution in [2.24, 2.45) is 0 Å². The van der Waals surface area contributed by atoms with E-state index in [0.717, 1.165) is 6.54 Å². The van der Waals surface area contributed by atoms with Gasteiger partial charge in [0.1, 0.15) is 5.75 Å². The molecular formula is C11H17N2O2P. The van der Waals surface area contributed by atoms with Crippen molar-refractivity contribution in [2.75, 3.05) is 13.1 Å². The molecule has 0 bridgehead atoms. The summed E-state index contributed by atoms with van der Waals surface area (Å²) in [4.78, 5) is 11.7. The van der Waals surface area contributed by atoms with Gasteiger partial charge in [-0.15, -0.1) is 0 Å². The second-order valence-corrected chi connectivity index (χ2v) is 4.18. The molecule has 0 spiro atoms. The number of carbonyl (C=O) groups excluding carboxylic acids is 1. The van der Waals surface area contributed by atoms with Crippen LogP contribution in [0.2, 0.25) is 0 Å². The number of carbonyl (C=O) groups is 1. The van der Waals surface area contributed by atoms with Crippen molar-refractivity contribution >= 4 is 15.0 Å². The summed E-state index contributed by atoms with van der Waals surface area (Å²) in [5, 5.41) is 3.12. The molecule has 0 aromatic heterocycles. The zero-order valence-electron chi connectivity index (χ0n) is 9.56. The fourth-order valence-electron chi connectivity index (χ4n) is 1.07. The summed E-state index contributed by atoms with van der Waals surface area (Å²) in [6.07, 6.45) is -0.312. The lowest BCUT2D eigenvalue weighted by atomic mass is 10.3. The van der Waals surface area contributed by atoms with E-state index >= 15 is 0 Å². The van der Waals surface area contributed by atoms with Gasteiger partial charge in [0.2, 0.25) is 0 Å². The lowest BCUT2D eigenvalue weighted by molar-refractivity contribution is 0.182. The van der Waals surface area contributed by atoms with Gasteiger partial charge in [0.25, 0.3) is 0 Å². The summed E-state index contributed by atoms with van der Waals surface area (Å²) < 4.78 is 6.85. The molecule has 0 radical (unpaired) electrons. The summed E-state index contributed by atoms with van der Waals surface area (Å²) in [6.45, 7) is 5.41. The molecule has 0 aliphatic heterocycles. The van der Waals surface area contributed by atoms with Crippen LogP contribution in [0.3, 0.4) is 0 Å². The van der Waals surface area contributed by atoms with Gasteiger partial charge in [0.05, 0.1) is 8.88 Å². The van der Waals surface area contributed by atoms with E-state index in [1.165, 1.54) is 0 Å². The predicted molar refractivity (Wildman–Crippen MR) is 66.8 cm³/mol. The van der Waals surface area contributed by atoms with Crippen LogP contribution in [0.15, 0.2) is 30.3 Å². The summed E-state index contributed by atoms with van der Waals surface area (Å²) in [5.74, 6) is 0.576. The molecule has 88 valence electrons. The van der Waals surface area contributed by atoms with Crippen molar-refractivity contribution in [3.05, 3.63) is 30.3 Å². The second kappa shape index (κ2) is 7.20. The largest absolute Gasteiger partial charge is 0.419 e. The fraction of sp³-hybridized carbons (Fsp3) is 0.364. The highest BCUT2D eigenvalue weighted by molar-refractivity contribution is 7.33. The first-order valence-electron chi connectivity index (χ1n) is 5.30. The minimum atomic E-state index is -0.312. The Morgan fingerprint density at radius 3 is 2.62 bits per heavy atom. The number of para-hydroxylation sites is 1. The van der Waals surface area contributed by atoms with Gasteiger partial charge in [-0.25, -0.2) is 4.79 Å². The molecule has 1 N–H and O–H groups in total. The van der Waals surface area contributed by atoms with E-state index in [1.54, 1.807) is 16.8 Å². The number of amides is 1. The number of hydrogen-bond acceptors (Lipinski definition) is 3. The molecule has 1 amide bonds. The number of hydrogen-bond donors (Lipinski definition) is 1. The molecule has 0 fully saturated rings. The zero-order valence-corrected chi connectivity index (χ0v) is 10.6. The topological polar surface area (TPSA) is 41.6 Å². The predicted octanol–water partition coefficient (Wildman–Crippen LogP) is 2.63. The first-order chi connectivity index (χ1) is 7.77. The molecule has 0 aliphatic rings. The molecule has 0 saturated carbocycles. The molecule has 5 heteroatoms. The Morgan fingerprint density at radius 1 is 1.38 bits per heavy atom. The first kappa shape index (κ1) is 12.9. The Bertz CT molecular complexity index is 319. The average Bonchev–Trinajstić information content (AvgIpc) is 2.31. The molecule has 0 saturated heterocycles. The Hall–Kier alpha value is -1.12. The van der Waals surface area contributed by atoms with Crippen molar-refractivity contribution in [2.45, 2.75) is 13.8 Å². The molecule has 0 aliphatic carbocycles. The standard InChI is InChI=1S/C11H17N2O2P/c1-3-12-16-13(4-2)11(14)15-10-8-6-5-7-9-10/h5-9,12,16H,3-4H2,1-2H3. The lowest BCUT2D eigenvalue weighted by Gasteiger charge is -2.19. The lowest BCUT2D eigenvalue weighted by Crippen LogP contribution is -2.28. The zero-order chi connectivity index (χ0) is 11.8. The van der Waals surface area contributed by atoms with Crippen LogP contribution >= 0.6 is 8.88 Å². The maximum atomic E-state index is 11.7. The van der Waals surface area contributed by atoms with Crippen LogP contribution in [-0.2, 0) is 0 Å². The molecule has 1 unspecified atom stereocenters. The summed E-state index contributed by atoms with van der Waals surface area (Å²) in [6, 6.07) is 9.09. The van der Waals surface area contributed by atoms with Crippen molar-refractivity contribution in [3.63, 3.8) is 0 Å². The molecule has 1 rings (SSSR count). The Morgan fingerprint density at radius 2 is 2.06 bits per heavy atom. The summed E-state index contributed by atoms with van der Waals surface area (Å²) >= 11 is 0. The molecule has 1 aromatic carbocycles. The van der Waals surface area contributed by atoms with Crippen LogP contribution < -0.4 is 9.82 Å². The normalized spacial score (nSPS) is 10.6. The van der Waals surface area contributed by atoms with Crippen LogP contribution in [0.5, 0.6) is 5.75 Å². The third-order valence-corrected chi connectivity index (χ3v) is 3.16. The monoisotopic (exact) mass is 240 g/mol.